The van der Waals surface area contributed by atoms with Crippen molar-refractivity contribution in [3.8, 4) is 0 Å². The van der Waals surface area contributed by atoms with Crippen LogP contribution in [0.2, 0.25) is 0 Å². The molecule has 0 spiro atoms. The summed E-state index contributed by atoms with van der Waals surface area (Å²) in [7, 11) is 0. The van der Waals surface area contributed by atoms with Gasteiger partial charge >= 0.3 is 0 Å². The Labute approximate surface area is 127 Å². The first-order valence-electron chi connectivity index (χ1n) is 7.53. The second-order valence-corrected chi connectivity index (χ2v) is 6.20. The van der Waals surface area contributed by atoms with Crippen molar-refractivity contribution in [2.45, 2.75) is 46.6 Å². The van der Waals surface area contributed by atoms with E-state index in [-0.39, 0.29) is 17.7 Å². The second kappa shape index (κ2) is 8.45. The molecule has 0 saturated heterocycles. The summed E-state index contributed by atoms with van der Waals surface area (Å²) >= 11 is 0. The third-order valence-corrected chi connectivity index (χ3v) is 2.99. The van der Waals surface area contributed by atoms with Gasteiger partial charge < -0.3 is 10.6 Å². The predicted octanol–water partition coefficient (Wildman–Crippen LogP) is 3.20. The summed E-state index contributed by atoms with van der Waals surface area (Å²) in [6.07, 6.45) is 1.07. The van der Waals surface area contributed by atoms with Crippen LogP contribution in [0.5, 0.6) is 0 Å². The molecular weight excluding hydrogens is 264 g/mol. The molecule has 0 aliphatic rings. The highest BCUT2D eigenvalue weighted by Crippen LogP contribution is 2.11. The van der Waals surface area contributed by atoms with Crippen molar-refractivity contribution in [1.82, 2.24) is 5.32 Å². The highest BCUT2D eigenvalue weighted by molar-refractivity contribution is 5.97. The van der Waals surface area contributed by atoms with Crippen molar-refractivity contribution in [2.75, 3.05) is 5.32 Å². The summed E-state index contributed by atoms with van der Waals surface area (Å²) in [6.45, 7) is 8.05. The van der Waals surface area contributed by atoms with Gasteiger partial charge in [0.05, 0.1) is 0 Å². The van der Waals surface area contributed by atoms with E-state index < -0.39 is 6.04 Å². The van der Waals surface area contributed by atoms with E-state index in [0.29, 0.717) is 18.8 Å². The van der Waals surface area contributed by atoms with Crippen LogP contribution in [-0.4, -0.2) is 17.9 Å². The van der Waals surface area contributed by atoms with Crippen LogP contribution in [0.1, 0.15) is 40.5 Å². The minimum Gasteiger partial charge on any atom is -0.344 e. The van der Waals surface area contributed by atoms with E-state index in [1.165, 1.54) is 0 Å². The number of hydrogen-bond acceptors (Lipinski definition) is 2. The Morgan fingerprint density at radius 1 is 1.00 bits per heavy atom. The van der Waals surface area contributed by atoms with Gasteiger partial charge in [-0.05, 0) is 30.4 Å². The monoisotopic (exact) mass is 290 g/mol. The number of para-hydroxylation sites is 1. The van der Waals surface area contributed by atoms with Crippen LogP contribution in [0.25, 0.3) is 0 Å². The number of rotatable bonds is 7. The van der Waals surface area contributed by atoms with Crippen molar-refractivity contribution in [1.29, 1.82) is 0 Å². The van der Waals surface area contributed by atoms with Crippen molar-refractivity contribution in [3.05, 3.63) is 30.3 Å². The fraction of sp³-hybridized carbons (Fsp3) is 0.529. The molecule has 0 aromatic heterocycles. The van der Waals surface area contributed by atoms with Crippen LogP contribution in [0.15, 0.2) is 30.3 Å². The lowest BCUT2D eigenvalue weighted by Crippen LogP contribution is -2.44. The lowest BCUT2D eigenvalue weighted by atomic mass is 10.0. The Morgan fingerprint density at radius 2 is 1.62 bits per heavy atom. The summed E-state index contributed by atoms with van der Waals surface area (Å²) in [4.78, 5) is 24.3. The molecule has 4 nitrogen and oxygen atoms in total. The average Bonchev–Trinajstić information content (AvgIpc) is 2.37. The number of benzene rings is 1. The number of carbonyl (C=O) groups excluding carboxylic acids is 2. The van der Waals surface area contributed by atoms with Crippen molar-refractivity contribution < 1.29 is 9.59 Å². The van der Waals surface area contributed by atoms with Gasteiger partial charge in [0.25, 0.3) is 0 Å². The quantitative estimate of drug-likeness (QED) is 0.810. The van der Waals surface area contributed by atoms with Crippen molar-refractivity contribution >= 4 is 17.5 Å². The highest BCUT2D eigenvalue weighted by atomic mass is 16.2. The molecule has 0 fully saturated rings. The van der Waals surface area contributed by atoms with E-state index in [1.54, 1.807) is 0 Å². The lowest BCUT2D eigenvalue weighted by Gasteiger charge is -2.20. The molecule has 21 heavy (non-hydrogen) atoms. The fourth-order valence-electron chi connectivity index (χ4n) is 2.08. The largest absolute Gasteiger partial charge is 0.344 e. The molecular formula is C17H26N2O2. The summed E-state index contributed by atoms with van der Waals surface area (Å²) in [6, 6.07) is 8.80. The van der Waals surface area contributed by atoms with Gasteiger partial charge in [-0.15, -0.1) is 0 Å². The number of carbonyl (C=O) groups is 2. The maximum Gasteiger partial charge on any atom is 0.246 e. The number of amides is 2. The van der Waals surface area contributed by atoms with Gasteiger partial charge in [0.1, 0.15) is 6.04 Å². The zero-order valence-electron chi connectivity index (χ0n) is 13.3. The lowest BCUT2D eigenvalue weighted by molar-refractivity contribution is -0.127. The van der Waals surface area contributed by atoms with Crippen LogP contribution in [0.4, 0.5) is 5.69 Å². The van der Waals surface area contributed by atoms with E-state index in [0.717, 1.165) is 5.69 Å². The van der Waals surface area contributed by atoms with Crippen LogP contribution < -0.4 is 10.6 Å². The molecule has 0 aliphatic heterocycles. The zero-order valence-corrected chi connectivity index (χ0v) is 13.3. The SMILES string of the molecule is CC(C)CC(=O)NC(CC(C)C)C(=O)Nc1ccccc1. The van der Waals surface area contributed by atoms with E-state index in [4.69, 9.17) is 0 Å². The minimum atomic E-state index is -0.489. The van der Waals surface area contributed by atoms with Crippen LogP contribution in [0, 0.1) is 11.8 Å². The maximum atomic E-state index is 12.3. The van der Waals surface area contributed by atoms with Crippen LogP contribution in [-0.2, 0) is 9.59 Å². The molecule has 0 aliphatic carbocycles. The van der Waals surface area contributed by atoms with Crippen molar-refractivity contribution in [2.24, 2.45) is 11.8 Å². The topological polar surface area (TPSA) is 58.2 Å². The molecule has 1 atom stereocenters. The average molecular weight is 290 g/mol. The van der Waals surface area contributed by atoms with Gasteiger partial charge in [-0.2, -0.15) is 0 Å². The fourth-order valence-corrected chi connectivity index (χ4v) is 2.08. The van der Waals surface area contributed by atoms with Gasteiger partial charge in [-0.3, -0.25) is 9.59 Å². The van der Waals surface area contributed by atoms with Gasteiger partial charge in [0.15, 0.2) is 0 Å². The molecule has 1 aromatic rings. The van der Waals surface area contributed by atoms with Crippen molar-refractivity contribution in [3.63, 3.8) is 0 Å². The first-order chi connectivity index (χ1) is 9.88. The molecule has 1 unspecified atom stereocenters. The predicted molar refractivity (Wildman–Crippen MR) is 85.9 cm³/mol. The number of nitrogens with one attached hydrogen (secondary N) is 2. The molecule has 1 rings (SSSR count). The van der Waals surface area contributed by atoms with Crippen LogP contribution in [0.3, 0.4) is 0 Å². The highest BCUT2D eigenvalue weighted by Gasteiger charge is 2.22. The standard InChI is InChI=1S/C17H26N2O2/c1-12(2)10-15(19-16(20)11-13(3)4)17(21)18-14-8-6-5-7-9-14/h5-9,12-13,15H,10-11H2,1-4H3,(H,18,21)(H,19,20). The first kappa shape index (κ1) is 17.2. The Hall–Kier alpha value is -1.84. The maximum absolute atomic E-state index is 12.3. The third-order valence-electron chi connectivity index (χ3n) is 2.99. The van der Waals surface area contributed by atoms with E-state index in [2.05, 4.69) is 10.6 Å². The Morgan fingerprint density at radius 3 is 2.14 bits per heavy atom. The smallest absolute Gasteiger partial charge is 0.246 e. The summed E-state index contributed by atoms with van der Waals surface area (Å²) in [5.41, 5.74) is 0.745. The number of anilines is 1. The van der Waals surface area contributed by atoms with Gasteiger partial charge in [-0.25, -0.2) is 0 Å². The molecule has 2 N–H and O–H groups in total. The zero-order chi connectivity index (χ0) is 15.8. The summed E-state index contributed by atoms with van der Waals surface area (Å²) in [5, 5.41) is 5.70. The Balaban J connectivity index is 2.67. The first-order valence-corrected chi connectivity index (χ1v) is 7.53. The number of hydrogen-bond donors (Lipinski definition) is 2. The molecule has 0 saturated carbocycles. The molecule has 0 heterocycles. The molecule has 2 amide bonds. The van der Waals surface area contributed by atoms with Crippen LogP contribution >= 0.6 is 0 Å². The molecule has 4 heteroatoms. The van der Waals surface area contributed by atoms with E-state index >= 15 is 0 Å². The Kier molecular flexibility index (Phi) is 6.92. The molecule has 116 valence electrons. The van der Waals surface area contributed by atoms with Gasteiger partial charge in [0.2, 0.25) is 11.8 Å². The van der Waals surface area contributed by atoms with Gasteiger partial charge in [-0.1, -0.05) is 45.9 Å². The molecule has 1 aromatic carbocycles. The third kappa shape index (κ3) is 6.93. The molecule has 0 bridgehead atoms. The van der Waals surface area contributed by atoms with Gasteiger partial charge in [0, 0.05) is 12.1 Å². The normalized spacial score (nSPS) is 12.3. The van der Waals surface area contributed by atoms with E-state index in [1.807, 2.05) is 58.0 Å². The molecule has 0 radical (unpaired) electrons. The second-order valence-electron chi connectivity index (χ2n) is 6.20. The summed E-state index contributed by atoms with van der Waals surface area (Å²) < 4.78 is 0. The minimum absolute atomic E-state index is 0.0705. The summed E-state index contributed by atoms with van der Waals surface area (Å²) in [5.74, 6) is 0.378. The van der Waals surface area contributed by atoms with E-state index in [9.17, 15) is 9.59 Å². The Bertz CT molecular complexity index is 455.